The maximum Gasteiger partial charge on any atom is 0.419 e. The molecule has 0 spiro atoms. The normalized spacial score (nSPS) is 16.2. The molecule has 30 heavy (non-hydrogen) atoms. The van der Waals surface area contributed by atoms with E-state index in [1.54, 1.807) is 42.0 Å². The van der Waals surface area contributed by atoms with Crippen LogP contribution in [0.15, 0.2) is 62.6 Å². The number of aromatic nitrogens is 1. The number of benzene rings is 2. The number of nitrogens with zero attached hydrogens (tertiary/aromatic N) is 3. The molecule has 2 aromatic carbocycles. The van der Waals surface area contributed by atoms with E-state index in [2.05, 4.69) is 4.90 Å². The molecule has 1 aliphatic heterocycles. The van der Waals surface area contributed by atoms with Crippen LogP contribution in [0.2, 0.25) is 0 Å². The van der Waals surface area contributed by atoms with Crippen LogP contribution >= 0.6 is 0 Å². The lowest BCUT2D eigenvalue weighted by Crippen LogP contribution is -2.48. The Morgan fingerprint density at radius 2 is 1.67 bits per heavy atom. The second-order valence-corrected chi connectivity index (χ2v) is 9.20. The Hall–Kier alpha value is -2.62. The minimum Gasteiger partial charge on any atom is -0.497 e. The number of hydrogen-bond acceptors (Lipinski definition) is 6. The van der Waals surface area contributed by atoms with E-state index >= 15 is 0 Å². The summed E-state index contributed by atoms with van der Waals surface area (Å²) in [4.78, 5) is 14.6. The number of aryl methyl sites for hydroxylation is 1. The van der Waals surface area contributed by atoms with Crippen molar-refractivity contribution in [1.29, 1.82) is 0 Å². The maximum absolute atomic E-state index is 12.8. The molecule has 1 aromatic heterocycles. The first-order valence-corrected chi connectivity index (χ1v) is 11.4. The van der Waals surface area contributed by atoms with Gasteiger partial charge in [0.15, 0.2) is 5.58 Å². The SMILES string of the molecule is COc1ccc(S(=O)(=O)N2CCN(CCCn3c(=O)oc4ccccc43)CC2)cc1. The summed E-state index contributed by atoms with van der Waals surface area (Å²) < 4.78 is 39.2. The van der Waals surface area contributed by atoms with Crippen molar-refractivity contribution in [3.8, 4) is 5.75 Å². The number of piperazine rings is 1. The monoisotopic (exact) mass is 431 g/mol. The van der Waals surface area contributed by atoms with Gasteiger partial charge in [-0.1, -0.05) is 12.1 Å². The average molecular weight is 432 g/mol. The van der Waals surface area contributed by atoms with Gasteiger partial charge in [-0.15, -0.1) is 0 Å². The van der Waals surface area contributed by atoms with Crippen LogP contribution in [0.5, 0.6) is 5.75 Å². The van der Waals surface area contributed by atoms with Crippen molar-refractivity contribution in [2.24, 2.45) is 0 Å². The third-order valence-electron chi connectivity index (χ3n) is 5.46. The molecule has 0 radical (unpaired) electrons. The van der Waals surface area contributed by atoms with Crippen LogP contribution in [0.1, 0.15) is 6.42 Å². The molecule has 1 aliphatic rings. The fraction of sp³-hybridized carbons (Fsp3) is 0.381. The highest BCUT2D eigenvalue weighted by atomic mass is 32.2. The molecule has 4 rings (SSSR count). The molecule has 9 heteroatoms. The predicted octanol–water partition coefficient (Wildman–Crippen LogP) is 2.00. The molecule has 0 saturated carbocycles. The molecule has 0 N–H and O–H groups in total. The zero-order chi connectivity index (χ0) is 21.1. The number of para-hydroxylation sites is 2. The van der Waals surface area contributed by atoms with Gasteiger partial charge in [-0.25, -0.2) is 13.2 Å². The van der Waals surface area contributed by atoms with Crippen LogP contribution in [0.25, 0.3) is 11.1 Å². The van der Waals surface area contributed by atoms with E-state index in [0.717, 1.165) is 18.5 Å². The fourth-order valence-electron chi connectivity index (χ4n) is 3.77. The van der Waals surface area contributed by atoms with Crippen molar-refractivity contribution in [2.75, 3.05) is 39.8 Å². The molecule has 1 fully saturated rings. The van der Waals surface area contributed by atoms with Crippen molar-refractivity contribution in [2.45, 2.75) is 17.9 Å². The van der Waals surface area contributed by atoms with E-state index in [1.807, 2.05) is 18.2 Å². The number of fused-ring (bicyclic) bond motifs is 1. The van der Waals surface area contributed by atoms with Crippen LogP contribution in [0.4, 0.5) is 0 Å². The molecule has 0 amide bonds. The molecule has 0 unspecified atom stereocenters. The van der Waals surface area contributed by atoms with Gasteiger partial charge in [0.25, 0.3) is 0 Å². The zero-order valence-electron chi connectivity index (χ0n) is 16.9. The number of sulfonamides is 1. The summed E-state index contributed by atoms with van der Waals surface area (Å²) in [6, 6.07) is 13.9. The summed E-state index contributed by atoms with van der Waals surface area (Å²) in [5.41, 5.74) is 1.40. The van der Waals surface area contributed by atoms with Gasteiger partial charge in [-0.2, -0.15) is 4.31 Å². The van der Waals surface area contributed by atoms with Crippen LogP contribution in [-0.2, 0) is 16.6 Å². The lowest BCUT2D eigenvalue weighted by atomic mass is 10.3. The summed E-state index contributed by atoms with van der Waals surface area (Å²) in [6.07, 6.45) is 0.786. The lowest BCUT2D eigenvalue weighted by molar-refractivity contribution is 0.184. The Balaban J connectivity index is 1.31. The van der Waals surface area contributed by atoms with E-state index in [1.165, 1.54) is 4.31 Å². The Labute approximate surface area is 175 Å². The first kappa shape index (κ1) is 20.6. The van der Waals surface area contributed by atoms with Gasteiger partial charge in [-0.3, -0.25) is 4.57 Å². The minimum absolute atomic E-state index is 0.281. The molecular weight excluding hydrogens is 406 g/mol. The number of methoxy groups -OCH3 is 1. The molecule has 8 nitrogen and oxygen atoms in total. The lowest BCUT2D eigenvalue weighted by Gasteiger charge is -2.34. The number of rotatable bonds is 7. The number of oxazole rings is 1. The predicted molar refractivity (Wildman–Crippen MR) is 113 cm³/mol. The third kappa shape index (κ3) is 4.14. The molecule has 1 saturated heterocycles. The van der Waals surface area contributed by atoms with Gasteiger partial charge < -0.3 is 14.1 Å². The van der Waals surface area contributed by atoms with Crippen molar-refractivity contribution in [1.82, 2.24) is 13.8 Å². The summed E-state index contributed by atoms with van der Waals surface area (Å²) >= 11 is 0. The van der Waals surface area contributed by atoms with Crippen molar-refractivity contribution in [3.63, 3.8) is 0 Å². The van der Waals surface area contributed by atoms with Crippen molar-refractivity contribution in [3.05, 3.63) is 59.1 Å². The van der Waals surface area contributed by atoms with Gasteiger partial charge in [0.1, 0.15) is 5.75 Å². The zero-order valence-corrected chi connectivity index (χ0v) is 17.7. The van der Waals surface area contributed by atoms with E-state index in [4.69, 9.17) is 9.15 Å². The second kappa shape index (κ2) is 8.63. The first-order chi connectivity index (χ1) is 14.5. The Kier molecular flexibility index (Phi) is 5.94. The Bertz CT molecular complexity index is 1160. The summed E-state index contributed by atoms with van der Waals surface area (Å²) in [5, 5.41) is 0. The smallest absolute Gasteiger partial charge is 0.419 e. The molecule has 0 bridgehead atoms. The molecular formula is C21H25N3O5S. The number of hydrogen-bond donors (Lipinski definition) is 0. The maximum atomic E-state index is 12.8. The van der Waals surface area contributed by atoms with Crippen molar-refractivity contribution >= 4 is 21.1 Å². The van der Waals surface area contributed by atoms with Crippen LogP contribution in [0.3, 0.4) is 0 Å². The van der Waals surface area contributed by atoms with Crippen molar-refractivity contribution < 1.29 is 17.6 Å². The van der Waals surface area contributed by atoms with Gasteiger partial charge in [0, 0.05) is 32.7 Å². The van der Waals surface area contributed by atoms with Crippen LogP contribution < -0.4 is 10.5 Å². The van der Waals surface area contributed by atoms with Crippen LogP contribution in [-0.4, -0.2) is 62.0 Å². The molecule has 0 atom stereocenters. The van der Waals surface area contributed by atoms with Gasteiger partial charge in [0.2, 0.25) is 10.0 Å². The fourth-order valence-corrected chi connectivity index (χ4v) is 5.19. The van der Waals surface area contributed by atoms with E-state index in [-0.39, 0.29) is 10.7 Å². The molecule has 0 aliphatic carbocycles. The standard InChI is InChI=1S/C21H25N3O5S/c1-28-17-7-9-18(10-8-17)30(26,27)23-15-13-22(14-16-23)11-4-12-24-19-5-2-3-6-20(19)29-21(24)25/h2-3,5-10H,4,11-16H2,1H3. The molecule has 3 aromatic rings. The highest BCUT2D eigenvalue weighted by molar-refractivity contribution is 7.89. The molecule has 2 heterocycles. The Morgan fingerprint density at radius 1 is 0.967 bits per heavy atom. The highest BCUT2D eigenvalue weighted by Gasteiger charge is 2.28. The average Bonchev–Trinajstić information content (AvgIpc) is 3.09. The summed E-state index contributed by atoms with van der Waals surface area (Å²) in [6.45, 7) is 3.58. The number of ether oxygens (including phenoxy) is 1. The highest BCUT2D eigenvalue weighted by Crippen LogP contribution is 2.21. The van der Waals surface area contributed by atoms with Gasteiger partial charge in [-0.05, 0) is 49.4 Å². The minimum atomic E-state index is -3.50. The summed E-state index contributed by atoms with van der Waals surface area (Å²) in [7, 11) is -1.95. The van der Waals surface area contributed by atoms with Gasteiger partial charge >= 0.3 is 5.76 Å². The summed E-state index contributed by atoms with van der Waals surface area (Å²) in [5.74, 6) is 0.287. The second-order valence-electron chi connectivity index (χ2n) is 7.26. The van der Waals surface area contributed by atoms with Crippen LogP contribution in [0, 0.1) is 0 Å². The van der Waals surface area contributed by atoms with E-state index in [0.29, 0.717) is 44.1 Å². The van der Waals surface area contributed by atoms with E-state index < -0.39 is 10.0 Å². The molecule has 160 valence electrons. The van der Waals surface area contributed by atoms with E-state index in [9.17, 15) is 13.2 Å². The quantitative estimate of drug-likeness (QED) is 0.569. The largest absolute Gasteiger partial charge is 0.497 e. The topological polar surface area (TPSA) is 85.0 Å². The Morgan fingerprint density at radius 3 is 2.37 bits per heavy atom. The van der Waals surface area contributed by atoms with Gasteiger partial charge in [0.05, 0.1) is 17.5 Å². The third-order valence-corrected chi connectivity index (χ3v) is 7.37. The first-order valence-electron chi connectivity index (χ1n) is 9.94.